The second-order valence-electron chi connectivity index (χ2n) is 4.43. The minimum Gasteiger partial charge on any atom is -0.481 e. The zero-order chi connectivity index (χ0) is 14.2. The van der Waals surface area contributed by atoms with Gasteiger partial charge in [0.25, 0.3) is 5.69 Å². The molecule has 2 unspecified atom stereocenters. The summed E-state index contributed by atoms with van der Waals surface area (Å²) in [7, 11) is 1.66. The molecule has 0 saturated carbocycles. The SMILES string of the molecule is CC1=NN(C)C(c2cccc([N+](=O)[O-])c2)C1C(=O)O. The van der Waals surface area contributed by atoms with E-state index >= 15 is 0 Å². The molecule has 2 atom stereocenters. The number of hydrogen-bond acceptors (Lipinski definition) is 5. The number of aliphatic carboxylic acids is 1. The minimum atomic E-state index is -0.984. The number of carboxylic acid groups (broad SMARTS) is 1. The second kappa shape index (κ2) is 4.68. The summed E-state index contributed by atoms with van der Waals surface area (Å²) in [6.45, 7) is 1.65. The fourth-order valence-electron chi connectivity index (χ4n) is 2.36. The third kappa shape index (κ3) is 2.26. The van der Waals surface area contributed by atoms with E-state index in [9.17, 15) is 20.0 Å². The molecule has 1 heterocycles. The number of nitro groups is 1. The van der Waals surface area contributed by atoms with E-state index in [2.05, 4.69) is 5.10 Å². The number of nitrogens with zero attached hydrogens (tertiary/aromatic N) is 3. The molecule has 7 nitrogen and oxygen atoms in total. The van der Waals surface area contributed by atoms with Gasteiger partial charge in [-0.15, -0.1) is 0 Å². The van der Waals surface area contributed by atoms with Crippen molar-refractivity contribution in [2.75, 3.05) is 7.05 Å². The quantitative estimate of drug-likeness (QED) is 0.660. The van der Waals surface area contributed by atoms with Gasteiger partial charge in [0.05, 0.1) is 16.7 Å². The van der Waals surface area contributed by atoms with Gasteiger partial charge in [-0.3, -0.25) is 19.9 Å². The van der Waals surface area contributed by atoms with Crippen LogP contribution in [0.2, 0.25) is 0 Å². The van der Waals surface area contributed by atoms with Gasteiger partial charge in [0, 0.05) is 19.2 Å². The Morgan fingerprint density at radius 1 is 1.53 bits per heavy atom. The Morgan fingerprint density at radius 3 is 2.79 bits per heavy atom. The van der Waals surface area contributed by atoms with Crippen LogP contribution < -0.4 is 0 Å². The summed E-state index contributed by atoms with van der Waals surface area (Å²) >= 11 is 0. The summed E-state index contributed by atoms with van der Waals surface area (Å²) in [6.07, 6.45) is 0. The van der Waals surface area contributed by atoms with Crippen LogP contribution in [0.15, 0.2) is 29.4 Å². The van der Waals surface area contributed by atoms with Crippen LogP contribution in [0.4, 0.5) is 5.69 Å². The average Bonchev–Trinajstić information content (AvgIpc) is 2.64. The largest absolute Gasteiger partial charge is 0.481 e. The van der Waals surface area contributed by atoms with Crippen LogP contribution in [-0.4, -0.2) is 33.8 Å². The number of hydrazone groups is 1. The summed E-state index contributed by atoms with van der Waals surface area (Å²) in [6, 6.07) is 5.48. The van der Waals surface area contributed by atoms with Crippen molar-refractivity contribution in [1.82, 2.24) is 5.01 Å². The Morgan fingerprint density at radius 2 is 2.21 bits per heavy atom. The van der Waals surface area contributed by atoms with Crippen LogP contribution in [0.1, 0.15) is 18.5 Å². The predicted molar refractivity (Wildman–Crippen MR) is 67.8 cm³/mol. The molecule has 0 bridgehead atoms. The predicted octanol–water partition coefficient (Wildman–Crippen LogP) is 1.66. The van der Waals surface area contributed by atoms with Crippen molar-refractivity contribution in [3.63, 3.8) is 0 Å². The summed E-state index contributed by atoms with van der Waals surface area (Å²) in [5.41, 5.74) is 1.01. The van der Waals surface area contributed by atoms with Gasteiger partial charge in [-0.25, -0.2) is 0 Å². The van der Waals surface area contributed by atoms with Crippen molar-refractivity contribution in [2.45, 2.75) is 13.0 Å². The third-order valence-electron chi connectivity index (χ3n) is 3.17. The van der Waals surface area contributed by atoms with E-state index in [-0.39, 0.29) is 5.69 Å². The van der Waals surface area contributed by atoms with Crippen LogP contribution >= 0.6 is 0 Å². The molecule has 0 radical (unpaired) electrons. The van der Waals surface area contributed by atoms with Crippen molar-refractivity contribution in [1.29, 1.82) is 0 Å². The van der Waals surface area contributed by atoms with Crippen LogP contribution in [0, 0.1) is 16.0 Å². The molecule has 100 valence electrons. The maximum absolute atomic E-state index is 11.3. The molecule has 0 saturated heterocycles. The summed E-state index contributed by atoms with van der Waals surface area (Å²) in [5.74, 6) is -1.77. The molecule has 2 rings (SSSR count). The zero-order valence-corrected chi connectivity index (χ0v) is 10.5. The highest BCUT2D eigenvalue weighted by molar-refractivity contribution is 6.02. The molecule has 0 aliphatic carbocycles. The summed E-state index contributed by atoms with van der Waals surface area (Å²) in [5, 5.41) is 25.7. The molecule has 1 N–H and O–H groups in total. The number of non-ortho nitro benzene ring substituents is 1. The lowest BCUT2D eigenvalue weighted by molar-refractivity contribution is -0.385. The van der Waals surface area contributed by atoms with Gasteiger partial charge in [-0.2, -0.15) is 5.10 Å². The van der Waals surface area contributed by atoms with Gasteiger partial charge in [0.1, 0.15) is 5.92 Å². The van der Waals surface area contributed by atoms with Crippen LogP contribution in [0.3, 0.4) is 0 Å². The topological polar surface area (TPSA) is 96.0 Å². The average molecular weight is 263 g/mol. The normalized spacial score (nSPS) is 22.2. The Hall–Kier alpha value is -2.44. The van der Waals surface area contributed by atoms with E-state index in [0.717, 1.165) is 0 Å². The molecule has 19 heavy (non-hydrogen) atoms. The van der Waals surface area contributed by atoms with Crippen LogP contribution in [-0.2, 0) is 4.79 Å². The monoisotopic (exact) mass is 263 g/mol. The van der Waals surface area contributed by atoms with E-state index < -0.39 is 22.9 Å². The van der Waals surface area contributed by atoms with E-state index in [0.29, 0.717) is 11.3 Å². The van der Waals surface area contributed by atoms with Crippen molar-refractivity contribution < 1.29 is 14.8 Å². The maximum Gasteiger partial charge on any atom is 0.314 e. The van der Waals surface area contributed by atoms with Crippen molar-refractivity contribution in [2.24, 2.45) is 11.0 Å². The Labute approximate surface area is 109 Å². The molecule has 7 heteroatoms. The zero-order valence-electron chi connectivity index (χ0n) is 10.5. The Balaban J connectivity index is 2.43. The Kier molecular flexibility index (Phi) is 3.20. The molecule has 0 aromatic heterocycles. The lowest BCUT2D eigenvalue weighted by atomic mass is 9.90. The molecule has 0 spiro atoms. The van der Waals surface area contributed by atoms with Gasteiger partial charge >= 0.3 is 5.97 Å². The second-order valence-corrected chi connectivity index (χ2v) is 4.43. The van der Waals surface area contributed by atoms with E-state index in [4.69, 9.17) is 0 Å². The van der Waals surface area contributed by atoms with Gasteiger partial charge in [0.15, 0.2) is 0 Å². The number of rotatable bonds is 3. The van der Waals surface area contributed by atoms with Gasteiger partial charge in [0.2, 0.25) is 0 Å². The maximum atomic E-state index is 11.3. The van der Waals surface area contributed by atoms with Crippen LogP contribution in [0.25, 0.3) is 0 Å². The van der Waals surface area contributed by atoms with Gasteiger partial charge in [-0.05, 0) is 12.5 Å². The lowest BCUT2D eigenvalue weighted by Gasteiger charge is -2.22. The fourth-order valence-corrected chi connectivity index (χ4v) is 2.36. The van der Waals surface area contributed by atoms with E-state index in [1.807, 2.05) is 0 Å². The van der Waals surface area contributed by atoms with E-state index in [1.165, 1.54) is 17.1 Å². The van der Waals surface area contributed by atoms with E-state index in [1.54, 1.807) is 26.1 Å². The number of carboxylic acids is 1. The fraction of sp³-hybridized carbons (Fsp3) is 0.333. The molecule has 0 amide bonds. The van der Waals surface area contributed by atoms with Crippen molar-refractivity contribution >= 4 is 17.4 Å². The van der Waals surface area contributed by atoms with Crippen molar-refractivity contribution in [3.05, 3.63) is 39.9 Å². The third-order valence-corrected chi connectivity index (χ3v) is 3.17. The first kappa shape index (κ1) is 13.0. The number of benzene rings is 1. The molecule has 0 fully saturated rings. The highest BCUT2D eigenvalue weighted by atomic mass is 16.6. The molecular formula is C12H13N3O4. The first-order chi connectivity index (χ1) is 8.91. The number of carbonyl (C=O) groups is 1. The lowest BCUT2D eigenvalue weighted by Crippen LogP contribution is -2.28. The van der Waals surface area contributed by atoms with Crippen LogP contribution in [0.5, 0.6) is 0 Å². The molecular weight excluding hydrogens is 250 g/mol. The minimum absolute atomic E-state index is 0.0559. The number of hydrogen-bond donors (Lipinski definition) is 1. The van der Waals surface area contributed by atoms with Gasteiger partial charge in [-0.1, -0.05) is 12.1 Å². The molecule has 1 aromatic rings. The standard InChI is InChI=1S/C12H13N3O4/c1-7-10(12(16)17)11(14(2)13-7)8-4-3-5-9(6-8)15(18)19/h3-6,10-11H,1-2H3,(H,16,17). The van der Waals surface area contributed by atoms with Crippen molar-refractivity contribution in [3.8, 4) is 0 Å². The highest BCUT2D eigenvalue weighted by Crippen LogP contribution is 2.35. The van der Waals surface area contributed by atoms with Gasteiger partial charge < -0.3 is 5.11 Å². The Bertz CT molecular complexity index is 570. The first-order valence-corrected chi connectivity index (χ1v) is 5.67. The number of nitro benzene ring substituents is 1. The molecule has 1 aromatic carbocycles. The molecule has 1 aliphatic heterocycles. The summed E-state index contributed by atoms with van der Waals surface area (Å²) in [4.78, 5) is 21.6. The first-order valence-electron chi connectivity index (χ1n) is 5.67. The smallest absolute Gasteiger partial charge is 0.314 e. The molecule has 1 aliphatic rings. The summed E-state index contributed by atoms with van der Waals surface area (Å²) < 4.78 is 0. The highest BCUT2D eigenvalue weighted by Gasteiger charge is 2.40.